The lowest BCUT2D eigenvalue weighted by molar-refractivity contribution is 0.0533. The van der Waals surface area contributed by atoms with Gasteiger partial charge in [-0.3, -0.25) is 9.59 Å². The van der Waals surface area contributed by atoms with Crippen molar-refractivity contribution in [1.82, 2.24) is 9.80 Å². The van der Waals surface area contributed by atoms with E-state index in [0.29, 0.717) is 30.8 Å². The minimum atomic E-state index is -0.103. The molecule has 1 aliphatic rings. The molecule has 1 fully saturated rings. The van der Waals surface area contributed by atoms with Crippen LogP contribution in [0, 0.1) is 10.8 Å². The molecule has 0 bridgehead atoms. The van der Waals surface area contributed by atoms with Crippen LogP contribution in [-0.2, 0) is 0 Å². The maximum absolute atomic E-state index is 12.9. The summed E-state index contributed by atoms with van der Waals surface area (Å²) in [5, 5.41) is 0. The number of benzene rings is 1. The van der Waals surface area contributed by atoms with Gasteiger partial charge < -0.3 is 15.5 Å². The number of likely N-dealkylation sites (tertiary alicyclic amines) is 1. The fourth-order valence-electron chi connectivity index (χ4n) is 3.52. The van der Waals surface area contributed by atoms with E-state index in [2.05, 4.69) is 34.6 Å². The Hall–Kier alpha value is -1.88. The number of rotatable bonds is 3. The summed E-state index contributed by atoms with van der Waals surface area (Å²) in [6.07, 6.45) is 0.797. The van der Waals surface area contributed by atoms with E-state index in [4.69, 9.17) is 5.73 Å². The molecule has 0 saturated carbocycles. The molecule has 2 N–H and O–H groups in total. The molecule has 2 rings (SSSR count). The summed E-state index contributed by atoms with van der Waals surface area (Å²) in [6.45, 7) is 12.4. The lowest BCUT2D eigenvalue weighted by atomic mass is 9.79. The summed E-state index contributed by atoms with van der Waals surface area (Å²) in [7, 11) is 1.80. The first-order valence-electron chi connectivity index (χ1n) is 9.31. The summed E-state index contributed by atoms with van der Waals surface area (Å²) in [5.41, 5.74) is 7.21. The number of hydrogen-bond donors (Lipinski definition) is 1. The number of nitrogens with zero attached hydrogens (tertiary/aromatic N) is 2. The van der Waals surface area contributed by atoms with E-state index in [1.807, 2.05) is 4.90 Å². The van der Waals surface area contributed by atoms with Crippen LogP contribution in [-0.4, -0.2) is 54.3 Å². The zero-order chi connectivity index (χ0) is 19.7. The second kappa shape index (κ2) is 7.39. The Morgan fingerprint density at radius 3 is 2.46 bits per heavy atom. The van der Waals surface area contributed by atoms with Gasteiger partial charge in [0.25, 0.3) is 11.8 Å². The van der Waals surface area contributed by atoms with Crippen LogP contribution in [0.15, 0.2) is 24.3 Å². The van der Waals surface area contributed by atoms with Gasteiger partial charge >= 0.3 is 0 Å². The first-order valence-corrected chi connectivity index (χ1v) is 9.31. The van der Waals surface area contributed by atoms with Crippen LogP contribution in [0.4, 0.5) is 0 Å². The number of piperidine rings is 1. The summed E-state index contributed by atoms with van der Waals surface area (Å²) >= 11 is 0. The van der Waals surface area contributed by atoms with Gasteiger partial charge in [0.15, 0.2) is 0 Å². The number of hydrogen-bond acceptors (Lipinski definition) is 3. The van der Waals surface area contributed by atoms with Crippen LogP contribution < -0.4 is 5.73 Å². The van der Waals surface area contributed by atoms with Crippen molar-refractivity contribution in [2.45, 2.75) is 47.1 Å². The van der Waals surface area contributed by atoms with Gasteiger partial charge in [-0.1, -0.05) is 40.7 Å². The Morgan fingerprint density at radius 2 is 1.88 bits per heavy atom. The smallest absolute Gasteiger partial charge is 0.253 e. The molecular formula is C21H33N3O2. The van der Waals surface area contributed by atoms with E-state index >= 15 is 0 Å². The Morgan fingerprint density at radius 1 is 1.27 bits per heavy atom. The van der Waals surface area contributed by atoms with Crippen LogP contribution in [0.25, 0.3) is 0 Å². The van der Waals surface area contributed by atoms with Gasteiger partial charge in [0, 0.05) is 43.9 Å². The van der Waals surface area contributed by atoms with Gasteiger partial charge in [0.2, 0.25) is 0 Å². The standard InChI is InChI=1S/C21H33N3O2/c1-20(2,3)13-23(6)18(25)15-8-7-9-16(12-15)19(26)24-11-10-17(22)21(4,5)14-24/h7-9,12,17H,10-11,13-14,22H2,1-6H3. The monoisotopic (exact) mass is 359 g/mol. The molecular weight excluding hydrogens is 326 g/mol. The molecule has 1 aromatic rings. The molecule has 0 spiro atoms. The molecule has 5 nitrogen and oxygen atoms in total. The Labute approximate surface area is 157 Å². The maximum Gasteiger partial charge on any atom is 0.253 e. The zero-order valence-electron chi connectivity index (χ0n) is 17.0. The molecule has 2 amide bonds. The largest absolute Gasteiger partial charge is 0.341 e. The van der Waals surface area contributed by atoms with E-state index in [-0.39, 0.29) is 28.7 Å². The lowest BCUT2D eigenvalue weighted by Crippen LogP contribution is -2.54. The average molecular weight is 360 g/mol. The molecule has 1 saturated heterocycles. The first kappa shape index (κ1) is 20.4. The van der Waals surface area contributed by atoms with Crippen molar-refractivity contribution >= 4 is 11.8 Å². The van der Waals surface area contributed by atoms with Crippen molar-refractivity contribution in [2.75, 3.05) is 26.7 Å². The van der Waals surface area contributed by atoms with Crippen molar-refractivity contribution in [3.05, 3.63) is 35.4 Å². The second-order valence-electron chi connectivity index (χ2n) is 9.41. The number of amides is 2. The predicted octanol–water partition coefficient (Wildman–Crippen LogP) is 3.00. The van der Waals surface area contributed by atoms with Gasteiger partial charge in [-0.05, 0) is 35.4 Å². The van der Waals surface area contributed by atoms with E-state index in [0.717, 1.165) is 6.42 Å². The minimum absolute atomic E-state index is 0.0238. The van der Waals surface area contributed by atoms with E-state index < -0.39 is 0 Å². The molecule has 1 heterocycles. The van der Waals surface area contributed by atoms with Gasteiger partial charge in [0.1, 0.15) is 0 Å². The molecule has 5 heteroatoms. The van der Waals surface area contributed by atoms with Crippen molar-refractivity contribution < 1.29 is 9.59 Å². The zero-order valence-corrected chi connectivity index (χ0v) is 17.0. The van der Waals surface area contributed by atoms with Gasteiger partial charge in [-0.15, -0.1) is 0 Å². The summed E-state index contributed by atoms with van der Waals surface area (Å²) in [6, 6.07) is 7.15. The van der Waals surface area contributed by atoms with Crippen molar-refractivity contribution in [3.63, 3.8) is 0 Å². The highest BCUT2D eigenvalue weighted by Crippen LogP contribution is 2.28. The molecule has 1 unspecified atom stereocenters. The van der Waals surface area contributed by atoms with Crippen molar-refractivity contribution in [2.24, 2.45) is 16.6 Å². The molecule has 26 heavy (non-hydrogen) atoms. The summed E-state index contributed by atoms with van der Waals surface area (Å²) in [4.78, 5) is 29.2. The lowest BCUT2D eigenvalue weighted by Gasteiger charge is -2.42. The van der Waals surface area contributed by atoms with Gasteiger partial charge in [0.05, 0.1) is 0 Å². The van der Waals surface area contributed by atoms with E-state index in [1.54, 1.807) is 36.2 Å². The average Bonchev–Trinajstić information content (AvgIpc) is 2.54. The summed E-state index contributed by atoms with van der Waals surface area (Å²) < 4.78 is 0. The minimum Gasteiger partial charge on any atom is -0.341 e. The van der Waals surface area contributed by atoms with Gasteiger partial charge in [-0.25, -0.2) is 0 Å². The van der Waals surface area contributed by atoms with Crippen LogP contribution in [0.3, 0.4) is 0 Å². The quantitative estimate of drug-likeness (QED) is 0.902. The predicted molar refractivity (Wildman–Crippen MR) is 105 cm³/mol. The highest BCUT2D eigenvalue weighted by Gasteiger charge is 2.35. The molecule has 0 aliphatic carbocycles. The molecule has 144 valence electrons. The molecule has 1 atom stereocenters. The Kier molecular flexibility index (Phi) is 5.81. The second-order valence-corrected chi connectivity index (χ2v) is 9.41. The summed E-state index contributed by atoms with van der Waals surface area (Å²) in [5.74, 6) is -0.0892. The van der Waals surface area contributed by atoms with E-state index in [9.17, 15) is 9.59 Å². The third kappa shape index (κ3) is 4.85. The Bertz CT molecular complexity index is 676. The van der Waals surface area contributed by atoms with Gasteiger partial charge in [-0.2, -0.15) is 0 Å². The third-order valence-corrected chi connectivity index (χ3v) is 5.01. The van der Waals surface area contributed by atoms with Crippen molar-refractivity contribution in [3.8, 4) is 0 Å². The van der Waals surface area contributed by atoms with Crippen molar-refractivity contribution in [1.29, 1.82) is 0 Å². The normalized spacial score (nSPS) is 20.0. The van der Waals surface area contributed by atoms with Crippen LogP contribution >= 0.6 is 0 Å². The Balaban J connectivity index is 2.16. The topological polar surface area (TPSA) is 66.6 Å². The van der Waals surface area contributed by atoms with Crippen LogP contribution in [0.1, 0.15) is 61.8 Å². The molecule has 1 aromatic carbocycles. The molecule has 0 aromatic heterocycles. The first-order chi connectivity index (χ1) is 11.9. The van der Waals surface area contributed by atoms with Crippen LogP contribution in [0.2, 0.25) is 0 Å². The fraction of sp³-hybridized carbons (Fsp3) is 0.619. The molecule has 0 radical (unpaired) electrons. The highest BCUT2D eigenvalue weighted by atomic mass is 16.2. The maximum atomic E-state index is 12.9. The van der Waals surface area contributed by atoms with Crippen LogP contribution in [0.5, 0.6) is 0 Å². The number of nitrogens with two attached hydrogens (primary N) is 1. The van der Waals surface area contributed by atoms with E-state index in [1.165, 1.54) is 0 Å². The highest BCUT2D eigenvalue weighted by molar-refractivity contribution is 5.99. The third-order valence-electron chi connectivity index (χ3n) is 5.01. The SMILES string of the molecule is CN(CC(C)(C)C)C(=O)c1cccc(C(=O)N2CCC(N)C(C)(C)C2)c1. The number of carbonyl (C=O) groups is 2. The number of carbonyl (C=O) groups excluding carboxylic acids is 2. The fourth-order valence-corrected chi connectivity index (χ4v) is 3.52. The molecule has 1 aliphatic heterocycles.